The van der Waals surface area contributed by atoms with Crippen LogP contribution >= 0.6 is 11.8 Å². The van der Waals surface area contributed by atoms with Crippen LogP contribution in [0.3, 0.4) is 0 Å². The van der Waals surface area contributed by atoms with Crippen molar-refractivity contribution in [2.75, 3.05) is 18.8 Å². The Hall–Kier alpha value is -0.590. The molecule has 1 aliphatic heterocycles. The van der Waals surface area contributed by atoms with Crippen molar-refractivity contribution < 1.29 is 23.1 Å². The highest BCUT2D eigenvalue weighted by molar-refractivity contribution is 7.99. The molecule has 7 heteroatoms. The number of halogens is 3. The molecule has 0 bridgehead atoms. The van der Waals surface area contributed by atoms with Gasteiger partial charge in [0, 0.05) is 18.3 Å². The number of piperidine rings is 1. The molecule has 0 radical (unpaired) electrons. The topological polar surface area (TPSA) is 40.5 Å². The Labute approximate surface area is 89.6 Å². The Morgan fingerprint density at radius 2 is 1.93 bits per heavy atom. The minimum Gasteiger partial charge on any atom is -0.465 e. The smallest absolute Gasteiger partial charge is 0.407 e. The summed E-state index contributed by atoms with van der Waals surface area (Å²) in [7, 11) is 0. The number of thioether (sulfide) groups is 1. The van der Waals surface area contributed by atoms with Crippen LogP contribution in [-0.4, -0.2) is 46.4 Å². The fraction of sp³-hybridized carbons (Fsp3) is 0.875. The van der Waals surface area contributed by atoms with E-state index in [0.29, 0.717) is 25.9 Å². The van der Waals surface area contributed by atoms with Crippen LogP contribution in [0.1, 0.15) is 12.8 Å². The second kappa shape index (κ2) is 4.96. The Balaban J connectivity index is 2.23. The minimum absolute atomic E-state index is 0.0674. The van der Waals surface area contributed by atoms with Crippen LogP contribution in [0.2, 0.25) is 0 Å². The lowest BCUT2D eigenvalue weighted by molar-refractivity contribution is -0.105. The molecule has 0 spiro atoms. The number of rotatable bonds is 2. The van der Waals surface area contributed by atoms with Gasteiger partial charge in [-0.25, -0.2) is 4.79 Å². The lowest BCUT2D eigenvalue weighted by Gasteiger charge is -2.29. The van der Waals surface area contributed by atoms with Gasteiger partial charge < -0.3 is 10.0 Å². The molecule has 1 aliphatic rings. The van der Waals surface area contributed by atoms with E-state index in [2.05, 4.69) is 0 Å². The summed E-state index contributed by atoms with van der Waals surface area (Å²) in [6.45, 7) is 0.676. The van der Waals surface area contributed by atoms with E-state index < -0.39 is 18.0 Å². The van der Waals surface area contributed by atoms with E-state index in [9.17, 15) is 18.0 Å². The van der Waals surface area contributed by atoms with Crippen molar-refractivity contribution in [1.29, 1.82) is 0 Å². The van der Waals surface area contributed by atoms with Crippen LogP contribution in [0.5, 0.6) is 0 Å². The van der Waals surface area contributed by atoms with Crippen molar-refractivity contribution in [3.63, 3.8) is 0 Å². The van der Waals surface area contributed by atoms with Crippen molar-refractivity contribution >= 4 is 17.9 Å². The highest BCUT2D eigenvalue weighted by Gasteiger charge is 2.30. The predicted molar refractivity (Wildman–Crippen MR) is 51.1 cm³/mol. The van der Waals surface area contributed by atoms with Crippen LogP contribution in [0.25, 0.3) is 0 Å². The minimum atomic E-state index is -4.13. The van der Waals surface area contributed by atoms with Crippen LogP contribution in [0.4, 0.5) is 18.0 Å². The zero-order valence-electron chi connectivity index (χ0n) is 7.96. The molecule has 1 rings (SSSR count). The summed E-state index contributed by atoms with van der Waals surface area (Å²) in [6.07, 6.45) is -4.11. The number of hydrogen-bond acceptors (Lipinski definition) is 2. The summed E-state index contributed by atoms with van der Waals surface area (Å²) in [4.78, 5) is 11.8. The SMILES string of the molecule is O=C(O)N1CCC(SCC(F)(F)F)CC1. The first kappa shape index (κ1) is 12.5. The Bertz CT molecular complexity index is 226. The molecule has 1 saturated heterocycles. The van der Waals surface area contributed by atoms with Crippen LogP contribution < -0.4 is 0 Å². The molecule has 0 atom stereocenters. The molecule has 0 aromatic heterocycles. The van der Waals surface area contributed by atoms with Gasteiger partial charge >= 0.3 is 12.3 Å². The van der Waals surface area contributed by atoms with E-state index in [1.54, 1.807) is 0 Å². The summed E-state index contributed by atoms with van der Waals surface area (Å²) in [6, 6.07) is 0. The summed E-state index contributed by atoms with van der Waals surface area (Å²) in [5, 5.41) is 8.56. The van der Waals surface area contributed by atoms with E-state index in [4.69, 9.17) is 5.11 Å². The summed E-state index contributed by atoms with van der Waals surface area (Å²) >= 11 is 0.873. The second-order valence-corrected chi connectivity index (χ2v) is 4.68. The summed E-state index contributed by atoms with van der Waals surface area (Å²) in [5.41, 5.74) is 0. The van der Waals surface area contributed by atoms with Crippen molar-refractivity contribution in [3.05, 3.63) is 0 Å². The number of nitrogens with zero attached hydrogens (tertiary/aromatic N) is 1. The highest BCUT2D eigenvalue weighted by atomic mass is 32.2. The molecule has 1 N–H and O–H groups in total. The third-order valence-electron chi connectivity index (χ3n) is 2.20. The van der Waals surface area contributed by atoms with Crippen LogP contribution in [-0.2, 0) is 0 Å². The number of alkyl halides is 3. The average Bonchev–Trinajstić information content (AvgIpc) is 2.14. The lowest BCUT2D eigenvalue weighted by atomic mass is 10.1. The first-order chi connectivity index (χ1) is 6.88. The standard InChI is InChI=1S/C8H12F3NO2S/c9-8(10,11)5-15-6-1-3-12(4-2-6)7(13)14/h6H,1-5H2,(H,13,14). The van der Waals surface area contributed by atoms with E-state index in [0.717, 1.165) is 11.8 Å². The molecule has 1 fully saturated rings. The number of carboxylic acid groups (broad SMARTS) is 1. The monoisotopic (exact) mass is 243 g/mol. The molecule has 88 valence electrons. The van der Waals surface area contributed by atoms with E-state index in [1.807, 2.05) is 0 Å². The van der Waals surface area contributed by atoms with Gasteiger partial charge in [0.2, 0.25) is 0 Å². The quantitative estimate of drug-likeness (QED) is 0.809. The molecule has 0 aromatic carbocycles. The maximum atomic E-state index is 11.9. The molecular formula is C8H12F3NO2S. The van der Waals surface area contributed by atoms with Gasteiger partial charge in [-0.1, -0.05) is 0 Å². The average molecular weight is 243 g/mol. The number of likely N-dealkylation sites (tertiary alicyclic amines) is 1. The molecule has 1 amide bonds. The molecule has 0 saturated carbocycles. The lowest BCUT2D eigenvalue weighted by Crippen LogP contribution is -2.38. The number of hydrogen-bond donors (Lipinski definition) is 1. The molecule has 0 unspecified atom stereocenters. The molecule has 15 heavy (non-hydrogen) atoms. The van der Waals surface area contributed by atoms with E-state index in [1.165, 1.54) is 4.90 Å². The molecule has 3 nitrogen and oxygen atoms in total. The van der Waals surface area contributed by atoms with Crippen molar-refractivity contribution in [2.24, 2.45) is 0 Å². The Morgan fingerprint density at radius 3 is 2.33 bits per heavy atom. The normalized spacial score (nSPS) is 19.3. The zero-order valence-corrected chi connectivity index (χ0v) is 8.77. The highest BCUT2D eigenvalue weighted by Crippen LogP contribution is 2.29. The van der Waals surface area contributed by atoms with E-state index >= 15 is 0 Å². The molecule has 0 aliphatic carbocycles. The summed E-state index contributed by atoms with van der Waals surface area (Å²) in [5.74, 6) is -0.843. The first-order valence-corrected chi connectivity index (χ1v) is 5.59. The van der Waals surface area contributed by atoms with Gasteiger partial charge in [-0.3, -0.25) is 0 Å². The van der Waals surface area contributed by atoms with E-state index in [-0.39, 0.29) is 5.25 Å². The van der Waals surface area contributed by atoms with Gasteiger partial charge in [-0.15, -0.1) is 11.8 Å². The summed E-state index contributed by atoms with van der Waals surface area (Å²) < 4.78 is 35.7. The molecule has 0 aromatic rings. The Morgan fingerprint density at radius 1 is 1.40 bits per heavy atom. The number of carbonyl (C=O) groups is 1. The molecule has 1 heterocycles. The molecular weight excluding hydrogens is 231 g/mol. The van der Waals surface area contributed by atoms with Gasteiger partial charge in [0.15, 0.2) is 0 Å². The Kier molecular flexibility index (Phi) is 4.12. The fourth-order valence-corrected chi connectivity index (χ4v) is 2.39. The fourth-order valence-electron chi connectivity index (χ4n) is 1.43. The second-order valence-electron chi connectivity index (χ2n) is 3.40. The third kappa shape index (κ3) is 4.63. The van der Waals surface area contributed by atoms with Gasteiger partial charge in [0.05, 0.1) is 5.75 Å². The van der Waals surface area contributed by atoms with Gasteiger partial charge in [-0.05, 0) is 12.8 Å². The number of amides is 1. The van der Waals surface area contributed by atoms with Crippen LogP contribution in [0, 0.1) is 0 Å². The van der Waals surface area contributed by atoms with Crippen molar-refractivity contribution in [2.45, 2.75) is 24.3 Å². The zero-order chi connectivity index (χ0) is 11.5. The van der Waals surface area contributed by atoms with Crippen LogP contribution in [0.15, 0.2) is 0 Å². The third-order valence-corrected chi connectivity index (χ3v) is 3.63. The van der Waals surface area contributed by atoms with Crippen molar-refractivity contribution in [1.82, 2.24) is 4.90 Å². The van der Waals surface area contributed by atoms with Gasteiger partial charge in [0.1, 0.15) is 0 Å². The first-order valence-electron chi connectivity index (χ1n) is 4.55. The van der Waals surface area contributed by atoms with Crippen molar-refractivity contribution in [3.8, 4) is 0 Å². The maximum absolute atomic E-state index is 11.9. The largest absolute Gasteiger partial charge is 0.465 e. The predicted octanol–water partition coefficient (Wildman–Crippen LogP) is 2.42. The van der Waals surface area contributed by atoms with Gasteiger partial charge in [-0.2, -0.15) is 13.2 Å². The maximum Gasteiger partial charge on any atom is 0.407 e. The van der Waals surface area contributed by atoms with Gasteiger partial charge in [0.25, 0.3) is 0 Å².